The molecular formula is C15H22O8. The Labute approximate surface area is 134 Å². The number of carbonyl (C=O) groups excluding carboxylic acids is 4. The van der Waals surface area contributed by atoms with Gasteiger partial charge in [-0.25, -0.2) is 0 Å². The Hall–Kier alpha value is -2.38. The Morgan fingerprint density at radius 1 is 0.739 bits per heavy atom. The van der Waals surface area contributed by atoms with E-state index < -0.39 is 48.3 Å². The highest BCUT2D eigenvalue weighted by Crippen LogP contribution is 2.19. The molecule has 0 aliphatic heterocycles. The van der Waals surface area contributed by atoms with Gasteiger partial charge in [0, 0.05) is 27.7 Å². The highest BCUT2D eigenvalue weighted by atomic mass is 16.6. The molecule has 4 atom stereocenters. The highest BCUT2D eigenvalue weighted by molar-refractivity contribution is 5.69. The van der Waals surface area contributed by atoms with Crippen LogP contribution in [0.1, 0.15) is 34.6 Å². The Balaban J connectivity index is 5.62. The van der Waals surface area contributed by atoms with E-state index in [0.29, 0.717) is 0 Å². The van der Waals surface area contributed by atoms with Gasteiger partial charge in [0.15, 0.2) is 18.3 Å². The normalized spacial score (nSPS) is 15.3. The van der Waals surface area contributed by atoms with Crippen LogP contribution < -0.4 is 0 Å². The summed E-state index contributed by atoms with van der Waals surface area (Å²) in [7, 11) is 0. The smallest absolute Gasteiger partial charge is 0.303 e. The molecular weight excluding hydrogens is 308 g/mol. The van der Waals surface area contributed by atoms with Crippen molar-refractivity contribution >= 4 is 23.9 Å². The molecule has 8 heteroatoms. The third kappa shape index (κ3) is 7.98. The predicted molar refractivity (Wildman–Crippen MR) is 78.1 cm³/mol. The summed E-state index contributed by atoms with van der Waals surface area (Å²) in [5.74, 6) is -2.63. The van der Waals surface area contributed by atoms with Gasteiger partial charge in [0.25, 0.3) is 0 Å². The van der Waals surface area contributed by atoms with Crippen molar-refractivity contribution in [3.8, 4) is 0 Å². The maximum absolute atomic E-state index is 11.4. The summed E-state index contributed by atoms with van der Waals surface area (Å²) in [4.78, 5) is 45.0. The van der Waals surface area contributed by atoms with Gasteiger partial charge in [0.2, 0.25) is 0 Å². The zero-order valence-electron chi connectivity index (χ0n) is 13.9. The van der Waals surface area contributed by atoms with E-state index >= 15 is 0 Å². The fourth-order valence-electron chi connectivity index (χ4n) is 1.90. The van der Waals surface area contributed by atoms with E-state index in [2.05, 4.69) is 6.58 Å². The van der Waals surface area contributed by atoms with Crippen LogP contribution in [0.3, 0.4) is 0 Å². The summed E-state index contributed by atoms with van der Waals surface area (Å²) in [6, 6.07) is 0. The van der Waals surface area contributed by atoms with Crippen molar-refractivity contribution in [2.75, 3.05) is 0 Å². The SMILES string of the molecule is C=C[C@@H](OC(C)=O)[C@@H](OC(C)=O)[C@H](OC(C)=O)[C@@H](C)OC(C)=O. The molecule has 0 radical (unpaired) electrons. The Morgan fingerprint density at radius 2 is 1.13 bits per heavy atom. The molecule has 0 bridgehead atoms. The minimum absolute atomic E-state index is 0.612. The summed E-state index contributed by atoms with van der Waals surface area (Å²) >= 11 is 0. The average molecular weight is 330 g/mol. The summed E-state index contributed by atoms with van der Waals surface area (Å²) in [6.45, 7) is 9.60. The molecule has 0 aliphatic rings. The molecule has 0 saturated heterocycles. The van der Waals surface area contributed by atoms with Gasteiger partial charge in [-0.2, -0.15) is 0 Å². The van der Waals surface area contributed by atoms with Crippen molar-refractivity contribution in [1.29, 1.82) is 0 Å². The highest BCUT2D eigenvalue weighted by Gasteiger charge is 2.40. The van der Waals surface area contributed by atoms with Gasteiger partial charge in [0.1, 0.15) is 6.10 Å². The number of carbonyl (C=O) groups is 4. The van der Waals surface area contributed by atoms with E-state index in [1.54, 1.807) is 0 Å². The summed E-state index contributed by atoms with van der Waals surface area (Å²) < 4.78 is 20.2. The van der Waals surface area contributed by atoms with Crippen molar-refractivity contribution in [2.24, 2.45) is 0 Å². The first-order valence-corrected chi connectivity index (χ1v) is 6.89. The summed E-state index contributed by atoms with van der Waals surface area (Å²) in [5.41, 5.74) is 0. The second kappa shape index (κ2) is 9.60. The zero-order chi connectivity index (χ0) is 18.2. The van der Waals surface area contributed by atoms with Crippen LogP contribution in [-0.4, -0.2) is 48.3 Å². The van der Waals surface area contributed by atoms with Crippen LogP contribution in [0.25, 0.3) is 0 Å². The largest absolute Gasteiger partial charge is 0.459 e. The number of esters is 4. The number of hydrogen-bond donors (Lipinski definition) is 0. The molecule has 130 valence electrons. The van der Waals surface area contributed by atoms with Gasteiger partial charge < -0.3 is 18.9 Å². The maximum atomic E-state index is 11.4. The topological polar surface area (TPSA) is 105 Å². The monoisotopic (exact) mass is 330 g/mol. The first-order valence-electron chi connectivity index (χ1n) is 6.89. The first kappa shape index (κ1) is 20.6. The van der Waals surface area contributed by atoms with Gasteiger partial charge in [0.05, 0.1) is 0 Å². The molecule has 23 heavy (non-hydrogen) atoms. The van der Waals surface area contributed by atoms with Crippen LogP contribution in [0, 0.1) is 0 Å². The van der Waals surface area contributed by atoms with E-state index in [0.717, 1.165) is 20.8 Å². The molecule has 0 aromatic rings. The molecule has 0 spiro atoms. The number of hydrogen-bond acceptors (Lipinski definition) is 8. The Kier molecular flexibility index (Phi) is 8.61. The molecule has 0 rings (SSSR count). The van der Waals surface area contributed by atoms with Crippen LogP contribution in [0.15, 0.2) is 12.7 Å². The van der Waals surface area contributed by atoms with Crippen LogP contribution in [-0.2, 0) is 38.1 Å². The molecule has 0 amide bonds. The first-order chi connectivity index (χ1) is 10.6. The fraction of sp³-hybridized carbons (Fsp3) is 0.600. The minimum Gasteiger partial charge on any atom is -0.459 e. The molecule has 0 aromatic heterocycles. The zero-order valence-corrected chi connectivity index (χ0v) is 13.9. The average Bonchev–Trinajstić information content (AvgIpc) is 2.38. The van der Waals surface area contributed by atoms with Gasteiger partial charge in [-0.3, -0.25) is 19.2 Å². The van der Waals surface area contributed by atoms with Crippen molar-refractivity contribution in [3.63, 3.8) is 0 Å². The van der Waals surface area contributed by atoms with Crippen molar-refractivity contribution in [3.05, 3.63) is 12.7 Å². The van der Waals surface area contributed by atoms with E-state index in [1.807, 2.05) is 0 Å². The third-order valence-electron chi connectivity index (χ3n) is 2.60. The Morgan fingerprint density at radius 3 is 1.48 bits per heavy atom. The van der Waals surface area contributed by atoms with Gasteiger partial charge >= 0.3 is 23.9 Å². The lowest BCUT2D eigenvalue weighted by Crippen LogP contribution is -2.50. The second-order valence-corrected chi connectivity index (χ2v) is 4.77. The van der Waals surface area contributed by atoms with Gasteiger partial charge in [-0.05, 0) is 13.0 Å². The second-order valence-electron chi connectivity index (χ2n) is 4.77. The van der Waals surface area contributed by atoms with Crippen LogP contribution in [0.5, 0.6) is 0 Å². The quantitative estimate of drug-likeness (QED) is 0.367. The molecule has 0 unspecified atom stereocenters. The fourth-order valence-corrected chi connectivity index (χ4v) is 1.90. The predicted octanol–water partition coefficient (Wildman–Crippen LogP) is 0.919. The van der Waals surface area contributed by atoms with Crippen LogP contribution >= 0.6 is 0 Å². The summed E-state index contributed by atoms with van der Waals surface area (Å²) in [6.07, 6.45) is -3.20. The third-order valence-corrected chi connectivity index (χ3v) is 2.60. The molecule has 8 nitrogen and oxygen atoms in total. The molecule has 0 aliphatic carbocycles. The Bertz CT molecular complexity index is 470. The van der Waals surface area contributed by atoms with E-state index in [9.17, 15) is 19.2 Å². The van der Waals surface area contributed by atoms with E-state index in [-0.39, 0.29) is 0 Å². The van der Waals surface area contributed by atoms with Crippen LogP contribution in [0.4, 0.5) is 0 Å². The number of rotatable bonds is 8. The van der Waals surface area contributed by atoms with Crippen molar-refractivity contribution in [2.45, 2.75) is 59.0 Å². The molecule has 0 N–H and O–H groups in total. The minimum atomic E-state index is -1.22. The molecule has 0 heterocycles. The molecule has 0 fully saturated rings. The van der Waals surface area contributed by atoms with Crippen molar-refractivity contribution in [1.82, 2.24) is 0 Å². The molecule has 0 saturated carbocycles. The van der Waals surface area contributed by atoms with Gasteiger partial charge in [-0.15, -0.1) is 0 Å². The van der Waals surface area contributed by atoms with Gasteiger partial charge in [-0.1, -0.05) is 6.58 Å². The molecule has 0 aromatic carbocycles. The van der Waals surface area contributed by atoms with E-state index in [1.165, 1.54) is 19.9 Å². The number of ether oxygens (including phenoxy) is 4. The standard InChI is InChI=1S/C15H22O8/c1-7-13(21-10(4)17)15(23-12(6)19)14(22-11(5)18)8(2)20-9(3)16/h7-8,13-15H,1H2,2-6H3/t8-,13-,14-,15-/m1/s1. The van der Waals surface area contributed by atoms with Crippen LogP contribution in [0.2, 0.25) is 0 Å². The lowest BCUT2D eigenvalue weighted by molar-refractivity contribution is -0.192. The lowest BCUT2D eigenvalue weighted by atomic mass is 10.0. The lowest BCUT2D eigenvalue weighted by Gasteiger charge is -2.33. The van der Waals surface area contributed by atoms with Crippen molar-refractivity contribution < 1.29 is 38.1 Å². The maximum Gasteiger partial charge on any atom is 0.303 e. The van der Waals surface area contributed by atoms with E-state index in [4.69, 9.17) is 18.9 Å². The summed E-state index contributed by atoms with van der Waals surface area (Å²) in [5, 5.41) is 0.